The summed E-state index contributed by atoms with van der Waals surface area (Å²) in [7, 11) is 0. The Morgan fingerprint density at radius 2 is 1.89 bits per heavy atom. The third-order valence-corrected chi connectivity index (χ3v) is 3.96. The first kappa shape index (κ1) is 11.4. The second-order valence-electron chi connectivity index (χ2n) is 4.12. The van der Waals surface area contributed by atoms with Crippen molar-refractivity contribution in [2.24, 2.45) is 0 Å². The summed E-state index contributed by atoms with van der Waals surface area (Å²) >= 11 is 1.62. The number of fused-ring (bicyclic) bond motifs is 1. The van der Waals surface area contributed by atoms with Gasteiger partial charge in [0, 0.05) is 4.70 Å². The highest BCUT2D eigenvalue weighted by Crippen LogP contribution is 2.27. The van der Waals surface area contributed by atoms with Gasteiger partial charge in [0.15, 0.2) is 0 Å². The summed E-state index contributed by atoms with van der Waals surface area (Å²) in [6.07, 6.45) is 0. The molecule has 0 saturated carbocycles. The summed E-state index contributed by atoms with van der Waals surface area (Å²) in [5.41, 5.74) is 1.01. The van der Waals surface area contributed by atoms with Crippen molar-refractivity contribution in [3.8, 4) is 0 Å². The van der Waals surface area contributed by atoms with Gasteiger partial charge in [-0.2, -0.15) is 0 Å². The lowest BCUT2D eigenvalue weighted by Crippen LogP contribution is -2.45. The van der Waals surface area contributed by atoms with Gasteiger partial charge < -0.3 is 4.74 Å². The third-order valence-electron chi connectivity index (χ3n) is 2.94. The van der Waals surface area contributed by atoms with E-state index in [0.29, 0.717) is 6.54 Å². The molecule has 2 heterocycles. The molecule has 92 valence electrons. The second kappa shape index (κ2) is 4.51. The summed E-state index contributed by atoms with van der Waals surface area (Å²) in [5.74, 6) is -0.525. The molecule has 1 fully saturated rings. The molecule has 0 bridgehead atoms. The maximum absolute atomic E-state index is 11.7. The molecule has 5 heteroatoms. The van der Waals surface area contributed by atoms with E-state index in [1.54, 1.807) is 11.3 Å². The van der Waals surface area contributed by atoms with E-state index in [1.165, 1.54) is 9.60 Å². The highest BCUT2D eigenvalue weighted by atomic mass is 32.1. The maximum atomic E-state index is 11.7. The van der Waals surface area contributed by atoms with Gasteiger partial charge in [-0.1, -0.05) is 18.2 Å². The zero-order chi connectivity index (χ0) is 12.5. The maximum Gasteiger partial charge on any atom is 0.255 e. The highest BCUT2D eigenvalue weighted by molar-refractivity contribution is 7.17. The molecule has 0 unspecified atom stereocenters. The summed E-state index contributed by atoms with van der Waals surface area (Å²) in [4.78, 5) is 24.6. The van der Waals surface area contributed by atoms with Gasteiger partial charge in [0.25, 0.3) is 11.8 Å². The van der Waals surface area contributed by atoms with Gasteiger partial charge in [-0.3, -0.25) is 14.5 Å². The van der Waals surface area contributed by atoms with Crippen LogP contribution in [0.15, 0.2) is 29.6 Å². The lowest BCUT2D eigenvalue weighted by molar-refractivity contribution is -0.159. The number of carbonyl (C=O) groups excluding carboxylic acids is 2. The fraction of sp³-hybridized carbons (Fsp3) is 0.231. The van der Waals surface area contributed by atoms with Crippen LogP contribution < -0.4 is 0 Å². The number of hydrogen-bond donors (Lipinski definition) is 0. The number of amides is 2. The SMILES string of the molecule is O=C1COCC(=O)N1Cc1csc2ccccc12. The highest BCUT2D eigenvalue weighted by Gasteiger charge is 2.27. The van der Waals surface area contributed by atoms with E-state index in [1.807, 2.05) is 29.6 Å². The largest absolute Gasteiger partial charge is 0.362 e. The van der Waals surface area contributed by atoms with Crippen LogP contribution in [0, 0.1) is 0 Å². The molecule has 2 amide bonds. The van der Waals surface area contributed by atoms with Gasteiger partial charge in [-0.25, -0.2) is 0 Å². The average molecular weight is 261 g/mol. The van der Waals surface area contributed by atoms with Crippen LogP contribution in [-0.4, -0.2) is 29.9 Å². The zero-order valence-electron chi connectivity index (χ0n) is 9.59. The minimum Gasteiger partial charge on any atom is -0.362 e. The van der Waals surface area contributed by atoms with E-state index in [2.05, 4.69) is 0 Å². The van der Waals surface area contributed by atoms with Crippen LogP contribution in [0.5, 0.6) is 0 Å². The van der Waals surface area contributed by atoms with Crippen molar-refractivity contribution in [1.29, 1.82) is 0 Å². The van der Waals surface area contributed by atoms with Crippen LogP contribution in [0.25, 0.3) is 10.1 Å². The van der Waals surface area contributed by atoms with Gasteiger partial charge in [0.05, 0.1) is 6.54 Å². The Bertz CT molecular complexity index is 603. The number of imide groups is 1. The molecule has 1 aliphatic rings. The smallest absolute Gasteiger partial charge is 0.255 e. The average Bonchev–Trinajstić information content (AvgIpc) is 2.77. The van der Waals surface area contributed by atoms with Crippen LogP contribution in [-0.2, 0) is 20.9 Å². The topological polar surface area (TPSA) is 46.6 Å². The Morgan fingerprint density at radius 1 is 1.17 bits per heavy atom. The van der Waals surface area contributed by atoms with Crippen molar-refractivity contribution < 1.29 is 14.3 Å². The molecule has 0 atom stereocenters. The molecule has 0 N–H and O–H groups in total. The lowest BCUT2D eigenvalue weighted by Gasteiger charge is -2.24. The molecule has 0 spiro atoms. The van der Waals surface area contributed by atoms with Crippen molar-refractivity contribution in [2.75, 3.05) is 13.2 Å². The van der Waals surface area contributed by atoms with Crippen molar-refractivity contribution in [3.63, 3.8) is 0 Å². The Hall–Kier alpha value is -1.72. The molecule has 2 aromatic rings. The van der Waals surface area contributed by atoms with Gasteiger partial charge in [-0.15, -0.1) is 11.3 Å². The number of nitrogens with zero attached hydrogens (tertiary/aromatic N) is 1. The Labute approximate surface area is 108 Å². The first-order valence-corrected chi connectivity index (χ1v) is 6.50. The quantitative estimate of drug-likeness (QED) is 0.774. The predicted octanol–water partition coefficient (Wildman–Crippen LogP) is 1.79. The predicted molar refractivity (Wildman–Crippen MR) is 68.2 cm³/mol. The molecule has 0 radical (unpaired) electrons. The number of hydrogen-bond acceptors (Lipinski definition) is 4. The first-order chi connectivity index (χ1) is 8.75. The van der Waals surface area contributed by atoms with Crippen LogP contribution >= 0.6 is 11.3 Å². The van der Waals surface area contributed by atoms with E-state index < -0.39 is 0 Å². The van der Waals surface area contributed by atoms with Crippen molar-refractivity contribution in [1.82, 2.24) is 4.90 Å². The monoisotopic (exact) mass is 261 g/mol. The van der Waals surface area contributed by atoms with E-state index in [9.17, 15) is 9.59 Å². The molecule has 1 aromatic carbocycles. The number of ether oxygens (including phenoxy) is 1. The van der Waals surface area contributed by atoms with Gasteiger partial charge in [0.2, 0.25) is 0 Å². The van der Waals surface area contributed by atoms with E-state index in [0.717, 1.165) is 10.9 Å². The summed E-state index contributed by atoms with van der Waals surface area (Å²) in [6.45, 7) is 0.326. The molecular formula is C13H11NO3S. The number of morpholine rings is 1. The molecule has 1 aliphatic heterocycles. The van der Waals surface area contributed by atoms with E-state index in [-0.39, 0.29) is 25.0 Å². The van der Waals surface area contributed by atoms with Crippen molar-refractivity contribution in [2.45, 2.75) is 6.54 Å². The molecule has 0 aliphatic carbocycles. The summed E-state index contributed by atoms with van der Waals surface area (Å²) < 4.78 is 6.06. The number of benzene rings is 1. The van der Waals surface area contributed by atoms with Crippen molar-refractivity contribution in [3.05, 3.63) is 35.2 Å². The van der Waals surface area contributed by atoms with Crippen LogP contribution in [0.1, 0.15) is 5.56 Å². The van der Waals surface area contributed by atoms with Gasteiger partial charge >= 0.3 is 0 Å². The molecule has 1 aromatic heterocycles. The fourth-order valence-electron chi connectivity index (χ4n) is 2.02. The number of carbonyl (C=O) groups is 2. The minimum absolute atomic E-state index is 0.00614. The van der Waals surface area contributed by atoms with Crippen molar-refractivity contribution >= 4 is 33.2 Å². The Balaban J connectivity index is 1.92. The summed E-state index contributed by atoms with van der Waals surface area (Å²) in [5, 5.41) is 3.11. The van der Waals surface area contributed by atoms with Gasteiger partial charge in [-0.05, 0) is 22.4 Å². The minimum atomic E-state index is -0.262. The molecule has 1 saturated heterocycles. The molecule has 3 rings (SSSR count). The lowest BCUT2D eigenvalue weighted by atomic mass is 10.1. The Kier molecular flexibility index (Phi) is 2.85. The number of rotatable bonds is 2. The molecule has 4 nitrogen and oxygen atoms in total. The van der Waals surface area contributed by atoms with E-state index >= 15 is 0 Å². The van der Waals surface area contributed by atoms with Crippen LogP contribution in [0.3, 0.4) is 0 Å². The van der Waals surface area contributed by atoms with Crippen LogP contribution in [0.2, 0.25) is 0 Å². The second-order valence-corrected chi connectivity index (χ2v) is 5.03. The normalized spacial score (nSPS) is 16.6. The van der Waals surface area contributed by atoms with Gasteiger partial charge in [0.1, 0.15) is 13.2 Å². The first-order valence-electron chi connectivity index (χ1n) is 5.62. The van der Waals surface area contributed by atoms with Crippen LogP contribution in [0.4, 0.5) is 0 Å². The Morgan fingerprint density at radius 3 is 2.67 bits per heavy atom. The molecule has 18 heavy (non-hydrogen) atoms. The zero-order valence-corrected chi connectivity index (χ0v) is 10.4. The fourth-order valence-corrected chi connectivity index (χ4v) is 2.98. The van der Waals surface area contributed by atoms with E-state index in [4.69, 9.17) is 4.74 Å². The summed E-state index contributed by atoms with van der Waals surface area (Å²) in [6, 6.07) is 7.98. The molecular weight excluding hydrogens is 250 g/mol. The number of thiophene rings is 1. The standard InChI is InChI=1S/C13H11NO3S/c15-12-6-17-7-13(16)14(12)5-9-8-18-11-4-2-1-3-10(9)11/h1-4,8H,5-7H2. The third kappa shape index (κ3) is 1.91.